The Morgan fingerprint density at radius 3 is 2.52 bits per heavy atom. The Morgan fingerprint density at radius 1 is 1.10 bits per heavy atom. The number of anilines is 1. The number of aryl methyl sites for hydroxylation is 1. The molecule has 112 valence electrons. The molecule has 3 heteroatoms. The fourth-order valence-electron chi connectivity index (χ4n) is 2.00. The lowest BCUT2D eigenvalue weighted by Gasteiger charge is -2.09. The van der Waals surface area contributed by atoms with Crippen LogP contribution in [0.25, 0.3) is 0 Å². The van der Waals surface area contributed by atoms with Gasteiger partial charge in [0.2, 0.25) is 0 Å². The number of nitrogens with one attached hydrogen (secondary N) is 1. The minimum Gasteiger partial charge on any atom is -0.494 e. The van der Waals surface area contributed by atoms with E-state index in [0.29, 0.717) is 12.1 Å². The van der Waals surface area contributed by atoms with Crippen molar-refractivity contribution in [3.8, 4) is 5.75 Å². The Labute approximate surface area is 126 Å². The fraction of sp³-hybridized carbons (Fsp3) is 0.333. The first-order valence-electron chi connectivity index (χ1n) is 7.41. The minimum absolute atomic E-state index is 0.172. The van der Waals surface area contributed by atoms with E-state index in [9.17, 15) is 4.39 Å². The number of hydrogen-bond acceptors (Lipinski definition) is 2. The highest BCUT2D eigenvalue weighted by molar-refractivity contribution is 5.46. The average Bonchev–Trinajstić information content (AvgIpc) is 2.50. The van der Waals surface area contributed by atoms with Crippen molar-refractivity contribution in [2.75, 3.05) is 11.9 Å². The molecule has 2 aromatic carbocycles. The summed E-state index contributed by atoms with van der Waals surface area (Å²) in [7, 11) is 0. The number of ether oxygens (including phenoxy) is 1. The smallest absolute Gasteiger partial charge is 0.126 e. The standard InChI is InChI=1S/C18H22FNO/c1-3-4-11-21-17-8-5-15(6-9-17)13-20-16-7-10-18(19)14(2)12-16/h5-10,12,20H,3-4,11,13H2,1-2H3. The number of benzene rings is 2. The van der Waals surface area contributed by atoms with E-state index in [1.165, 1.54) is 11.6 Å². The van der Waals surface area contributed by atoms with E-state index in [2.05, 4.69) is 12.2 Å². The molecule has 0 fully saturated rings. The average molecular weight is 287 g/mol. The molecule has 0 saturated carbocycles. The van der Waals surface area contributed by atoms with Crippen LogP contribution in [0.4, 0.5) is 10.1 Å². The highest BCUT2D eigenvalue weighted by atomic mass is 19.1. The van der Waals surface area contributed by atoms with Crippen molar-refractivity contribution in [3.63, 3.8) is 0 Å². The molecule has 0 unspecified atom stereocenters. The summed E-state index contributed by atoms with van der Waals surface area (Å²) in [6.07, 6.45) is 2.21. The molecule has 0 amide bonds. The van der Waals surface area contributed by atoms with Gasteiger partial charge in [0.05, 0.1) is 6.61 Å². The lowest BCUT2D eigenvalue weighted by molar-refractivity contribution is 0.309. The number of halogens is 1. The van der Waals surface area contributed by atoms with Crippen molar-refractivity contribution in [1.82, 2.24) is 0 Å². The predicted molar refractivity (Wildman–Crippen MR) is 85.3 cm³/mol. The van der Waals surface area contributed by atoms with Gasteiger partial charge in [0.1, 0.15) is 11.6 Å². The molecule has 2 nitrogen and oxygen atoms in total. The second-order valence-corrected chi connectivity index (χ2v) is 5.16. The molecule has 0 aliphatic rings. The van der Waals surface area contributed by atoms with Crippen LogP contribution >= 0.6 is 0 Å². The third-order valence-electron chi connectivity index (χ3n) is 3.34. The SMILES string of the molecule is CCCCOc1ccc(CNc2ccc(F)c(C)c2)cc1. The largest absolute Gasteiger partial charge is 0.494 e. The first kappa shape index (κ1) is 15.4. The van der Waals surface area contributed by atoms with Crippen molar-refractivity contribution >= 4 is 5.69 Å². The zero-order valence-corrected chi connectivity index (χ0v) is 12.7. The maximum Gasteiger partial charge on any atom is 0.126 e. The first-order chi connectivity index (χ1) is 10.2. The van der Waals surface area contributed by atoms with E-state index < -0.39 is 0 Å². The summed E-state index contributed by atoms with van der Waals surface area (Å²) in [5, 5.41) is 3.29. The summed E-state index contributed by atoms with van der Waals surface area (Å²) in [6, 6.07) is 13.1. The predicted octanol–water partition coefficient (Wildman–Crippen LogP) is 4.93. The van der Waals surface area contributed by atoms with Crippen LogP contribution in [0.1, 0.15) is 30.9 Å². The molecule has 0 aliphatic carbocycles. The Balaban J connectivity index is 1.86. The van der Waals surface area contributed by atoms with Crippen molar-refractivity contribution in [2.24, 2.45) is 0 Å². The summed E-state index contributed by atoms with van der Waals surface area (Å²) in [4.78, 5) is 0. The van der Waals surface area contributed by atoms with E-state index in [1.807, 2.05) is 30.3 Å². The molecule has 2 aromatic rings. The summed E-state index contributed by atoms with van der Waals surface area (Å²) >= 11 is 0. The molecule has 0 heterocycles. The van der Waals surface area contributed by atoms with Crippen molar-refractivity contribution in [2.45, 2.75) is 33.2 Å². The second kappa shape index (κ2) is 7.67. The molecule has 0 saturated heterocycles. The number of hydrogen-bond donors (Lipinski definition) is 1. The van der Waals surface area contributed by atoms with Gasteiger partial charge in [-0.1, -0.05) is 25.5 Å². The Hall–Kier alpha value is -2.03. The monoisotopic (exact) mass is 287 g/mol. The van der Waals surface area contributed by atoms with Gasteiger partial charge in [0.15, 0.2) is 0 Å². The van der Waals surface area contributed by atoms with Crippen LogP contribution in [-0.4, -0.2) is 6.61 Å². The van der Waals surface area contributed by atoms with Gasteiger partial charge in [-0.15, -0.1) is 0 Å². The van der Waals surface area contributed by atoms with E-state index in [-0.39, 0.29) is 5.82 Å². The van der Waals surface area contributed by atoms with Gasteiger partial charge in [0.25, 0.3) is 0 Å². The summed E-state index contributed by atoms with van der Waals surface area (Å²) in [5.74, 6) is 0.735. The number of unbranched alkanes of at least 4 members (excludes halogenated alkanes) is 1. The first-order valence-corrected chi connectivity index (χ1v) is 7.41. The molecule has 1 N–H and O–H groups in total. The maximum absolute atomic E-state index is 13.2. The van der Waals surface area contributed by atoms with Gasteiger partial charge < -0.3 is 10.1 Å². The van der Waals surface area contributed by atoms with E-state index >= 15 is 0 Å². The molecule has 0 radical (unpaired) electrons. The highest BCUT2D eigenvalue weighted by Gasteiger charge is 2.00. The lowest BCUT2D eigenvalue weighted by Crippen LogP contribution is -2.01. The quantitative estimate of drug-likeness (QED) is 0.729. The van der Waals surface area contributed by atoms with Crippen LogP contribution < -0.4 is 10.1 Å². The third-order valence-corrected chi connectivity index (χ3v) is 3.34. The van der Waals surface area contributed by atoms with Crippen molar-refractivity contribution in [1.29, 1.82) is 0 Å². The normalized spacial score (nSPS) is 10.4. The van der Waals surface area contributed by atoms with E-state index in [0.717, 1.165) is 30.9 Å². The Morgan fingerprint density at radius 2 is 1.86 bits per heavy atom. The fourth-order valence-corrected chi connectivity index (χ4v) is 2.00. The molecule has 0 atom stereocenters. The number of rotatable bonds is 7. The van der Waals surface area contributed by atoms with Gasteiger partial charge in [-0.3, -0.25) is 0 Å². The summed E-state index contributed by atoms with van der Waals surface area (Å²) in [6.45, 7) is 5.39. The lowest BCUT2D eigenvalue weighted by atomic mass is 10.2. The van der Waals surface area contributed by atoms with Gasteiger partial charge in [0, 0.05) is 12.2 Å². The van der Waals surface area contributed by atoms with Crippen LogP contribution in [0, 0.1) is 12.7 Å². The maximum atomic E-state index is 13.2. The molecular formula is C18H22FNO. The van der Waals surface area contributed by atoms with E-state index in [4.69, 9.17) is 4.74 Å². The summed E-state index contributed by atoms with van der Waals surface area (Å²) < 4.78 is 18.8. The molecule has 0 bridgehead atoms. The minimum atomic E-state index is -0.172. The Kier molecular flexibility index (Phi) is 5.61. The zero-order chi connectivity index (χ0) is 15.1. The van der Waals surface area contributed by atoms with Gasteiger partial charge >= 0.3 is 0 Å². The van der Waals surface area contributed by atoms with Crippen LogP contribution in [0.2, 0.25) is 0 Å². The highest BCUT2D eigenvalue weighted by Crippen LogP contribution is 2.16. The summed E-state index contributed by atoms with van der Waals surface area (Å²) in [5.41, 5.74) is 2.75. The van der Waals surface area contributed by atoms with E-state index in [1.54, 1.807) is 13.0 Å². The molecule has 0 aliphatic heterocycles. The van der Waals surface area contributed by atoms with Gasteiger partial charge in [-0.25, -0.2) is 4.39 Å². The molecule has 0 aromatic heterocycles. The molecular weight excluding hydrogens is 265 g/mol. The van der Waals surface area contributed by atoms with Gasteiger partial charge in [-0.05, 0) is 54.8 Å². The molecule has 2 rings (SSSR count). The van der Waals surface area contributed by atoms with Crippen LogP contribution in [0.3, 0.4) is 0 Å². The topological polar surface area (TPSA) is 21.3 Å². The van der Waals surface area contributed by atoms with Crippen LogP contribution in [0.5, 0.6) is 5.75 Å². The van der Waals surface area contributed by atoms with Gasteiger partial charge in [-0.2, -0.15) is 0 Å². The molecule has 0 spiro atoms. The second-order valence-electron chi connectivity index (χ2n) is 5.16. The van der Waals surface area contributed by atoms with Crippen LogP contribution in [-0.2, 0) is 6.54 Å². The van der Waals surface area contributed by atoms with Crippen molar-refractivity contribution in [3.05, 3.63) is 59.4 Å². The Bertz CT molecular complexity index is 566. The van der Waals surface area contributed by atoms with Crippen molar-refractivity contribution < 1.29 is 9.13 Å². The van der Waals surface area contributed by atoms with Crippen LogP contribution in [0.15, 0.2) is 42.5 Å². The third kappa shape index (κ3) is 4.78. The zero-order valence-electron chi connectivity index (χ0n) is 12.7. The molecule has 21 heavy (non-hydrogen) atoms.